The summed E-state index contributed by atoms with van der Waals surface area (Å²) < 4.78 is 10.7. The summed E-state index contributed by atoms with van der Waals surface area (Å²) in [4.78, 5) is 25.8. The molecule has 1 fully saturated rings. The maximum Gasteiger partial charge on any atom is 0.329 e. The molecule has 1 aliphatic carbocycles. The Morgan fingerprint density at radius 1 is 0.862 bits per heavy atom. The van der Waals surface area contributed by atoms with E-state index in [-0.39, 0.29) is 32.5 Å². The van der Waals surface area contributed by atoms with Crippen molar-refractivity contribution in [3.05, 3.63) is 71.8 Å². The lowest BCUT2D eigenvalue weighted by Gasteiger charge is -2.46. The normalized spacial score (nSPS) is 26.5. The first-order valence-electron chi connectivity index (χ1n) is 9.53. The van der Waals surface area contributed by atoms with Gasteiger partial charge in [-0.2, -0.15) is 0 Å². The average molecular weight is 398 g/mol. The maximum atomic E-state index is 12.9. The van der Waals surface area contributed by atoms with Crippen LogP contribution in [0.1, 0.15) is 30.4 Å². The van der Waals surface area contributed by atoms with Gasteiger partial charge in [-0.3, -0.25) is 0 Å². The summed E-state index contributed by atoms with van der Waals surface area (Å²) >= 11 is 0. The lowest BCUT2D eigenvalue weighted by atomic mass is 9.66. The van der Waals surface area contributed by atoms with Crippen molar-refractivity contribution in [2.24, 2.45) is 11.5 Å². The number of rotatable bonds is 6. The molecule has 0 spiro atoms. The second-order valence-electron chi connectivity index (χ2n) is 7.46. The molecule has 154 valence electrons. The van der Waals surface area contributed by atoms with Crippen LogP contribution in [0, 0.1) is 0 Å². The van der Waals surface area contributed by atoms with E-state index < -0.39 is 29.1 Å². The number of aliphatic hydroxyl groups is 1. The summed E-state index contributed by atoms with van der Waals surface area (Å²) in [5.74, 6) is -1.62. The zero-order valence-electron chi connectivity index (χ0n) is 16.1. The van der Waals surface area contributed by atoms with Crippen LogP contribution in [-0.4, -0.2) is 34.2 Å². The average Bonchev–Trinajstić information content (AvgIpc) is 2.74. The molecule has 1 aliphatic rings. The third-order valence-corrected chi connectivity index (χ3v) is 5.38. The standard InChI is InChI=1S/C22H26N2O5/c23-21(19(26)28-14-16-7-3-1-4-8-16)12-11-18(25)13-22(21,24)20(27)29-15-17-9-5-2-6-10-17/h1-10,18,25H,11-15,23-24H2. The van der Waals surface area contributed by atoms with E-state index >= 15 is 0 Å². The van der Waals surface area contributed by atoms with E-state index in [0.29, 0.717) is 0 Å². The van der Waals surface area contributed by atoms with Gasteiger partial charge in [0.25, 0.3) is 0 Å². The van der Waals surface area contributed by atoms with E-state index in [1.165, 1.54) is 0 Å². The van der Waals surface area contributed by atoms with Crippen LogP contribution in [0.4, 0.5) is 0 Å². The first kappa shape index (κ1) is 21.0. The fourth-order valence-corrected chi connectivity index (χ4v) is 3.53. The SMILES string of the molecule is NC1(C(=O)OCc2ccccc2)CCC(O)CC1(N)C(=O)OCc1ccccc1. The van der Waals surface area contributed by atoms with Crippen LogP contribution in [0.15, 0.2) is 60.7 Å². The second-order valence-corrected chi connectivity index (χ2v) is 7.46. The number of ether oxygens (including phenoxy) is 2. The second kappa shape index (κ2) is 8.73. The molecule has 0 saturated heterocycles. The van der Waals surface area contributed by atoms with Crippen molar-refractivity contribution in [3.8, 4) is 0 Å². The topological polar surface area (TPSA) is 125 Å². The molecular formula is C22H26N2O5. The lowest BCUT2D eigenvalue weighted by molar-refractivity contribution is -0.171. The van der Waals surface area contributed by atoms with Crippen LogP contribution in [0.2, 0.25) is 0 Å². The molecule has 29 heavy (non-hydrogen) atoms. The first-order valence-corrected chi connectivity index (χ1v) is 9.53. The quantitative estimate of drug-likeness (QED) is 0.628. The Bertz CT molecular complexity index is 845. The number of benzene rings is 2. The highest BCUT2D eigenvalue weighted by atomic mass is 16.5. The minimum absolute atomic E-state index is 0.0101. The highest BCUT2D eigenvalue weighted by molar-refractivity contribution is 5.94. The number of carbonyl (C=O) groups is 2. The van der Waals surface area contributed by atoms with Crippen molar-refractivity contribution >= 4 is 11.9 Å². The fraction of sp³-hybridized carbons (Fsp3) is 0.364. The molecule has 7 nitrogen and oxygen atoms in total. The van der Waals surface area contributed by atoms with Crippen LogP contribution < -0.4 is 11.5 Å². The van der Waals surface area contributed by atoms with Crippen molar-refractivity contribution in [3.63, 3.8) is 0 Å². The Balaban J connectivity index is 1.74. The minimum atomic E-state index is -1.90. The van der Waals surface area contributed by atoms with Crippen molar-refractivity contribution in [2.45, 2.75) is 49.7 Å². The molecule has 7 heteroatoms. The summed E-state index contributed by atoms with van der Waals surface area (Å²) in [6.07, 6.45) is -0.791. The number of aliphatic hydroxyl groups excluding tert-OH is 1. The largest absolute Gasteiger partial charge is 0.459 e. The molecule has 0 amide bonds. The van der Waals surface area contributed by atoms with Gasteiger partial charge in [-0.1, -0.05) is 60.7 Å². The van der Waals surface area contributed by atoms with Gasteiger partial charge in [-0.25, -0.2) is 9.59 Å². The summed E-state index contributed by atoms with van der Waals surface area (Å²) in [6.45, 7) is 0.000180. The molecular weight excluding hydrogens is 372 g/mol. The Labute approximate surface area is 169 Å². The van der Waals surface area contributed by atoms with E-state index in [4.69, 9.17) is 20.9 Å². The molecule has 0 aromatic heterocycles. The highest BCUT2D eigenvalue weighted by Crippen LogP contribution is 2.36. The van der Waals surface area contributed by atoms with E-state index in [1.54, 1.807) is 12.1 Å². The van der Waals surface area contributed by atoms with Crippen LogP contribution in [0.3, 0.4) is 0 Å². The summed E-state index contributed by atoms with van der Waals surface area (Å²) in [5.41, 5.74) is 10.6. The summed E-state index contributed by atoms with van der Waals surface area (Å²) in [5, 5.41) is 10.1. The predicted molar refractivity (Wildman–Crippen MR) is 106 cm³/mol. The van der Waals surface area contributed by atoms with Gasteiger partial charge in [0.05, 0.1) is 6.10 Å². The Hall–Kier alpha value is -2.74. The number of nitrogens with two attached hydrogens (primary N) is 2. The Morgan fingerprint density at radius 2 is 1.31 bits per heavy atom. The van der Waals surface area contributed by atoms with Gasteiger partial charge < -0.3 is 26.0 Å². The highest BCUT2D eigenvalue weighted by Gasteiger charge is 2.61. The van der Waals surface area contributed by atoms with E-state index in [1.807, 2.05) is 48.5 Å². The number of esters is 2. The molecule has 5 N–H and O–H groups in total. The van der Waals surface area contributed by atoms with E-state index in [2.05, 4.69) is 0 Å². The Kier molecular flexibility index (Phi) is 6.32. The molecule has 1 saturated carbocycles. The van der Waals surface area contributed by atoms with E-state index in [0.717, 1.165) is 11.1 Å². The molecule has 2 aromatic rings. The monoisotopic (exact) mass is 398 g/mol. The van der Waals surface area contributed by atoms with E-state index in [9.17, 15) is 14.7 Å². The van der Waals surface area contributed by atoms with Crippen LogP contribution >= 0.6 is 0 Å². The number of carbonyl (C=O) groups excluding carboxylic acids is 2. The van der Waals surface area contributed by atoms with Crippen molar-refractivity contribution in [2.75, 3.05) is 0 Å². The summed E-state index contributed by atoms with van der Waals surface area (Å²) in [6, 6.07) is 18.2. The van der Waals surface area contributed by atoms with Gasteiger partial charge in [0.1, 0.15) is 24.3 Å². The Morgan fingerprint density at radius 3 is 1.79 bits per heavy atom. The molecule has 0 radical (unpaired) electrons. The first-order chi connectivity index (χ1) is 13.8. The smallest absolute Gasteiger partial charge is 0.329 e. The molecule has 0 bridgehead atoms. The predicted octanol–water partition coefficient (Wildman–Crippen LogP) is 1.41. The molecule has 0 heterocycles. The molecule has 3 atom stereocenters. The van der Waals surface area contributed by atoms with Gasteiger partial charge >= 0.3 is 11.9 Å². The van der Waals surface area contributed by atoms with Crippen LogP contribution in [0.5, 0.6) is 0 Å². The summed E-state index contributed by atoms with van der Waals surface area (Å²) in [7, 11) is 0. The zero-order valence-corrected chi connectivity index (χ0v) is 16.1. The maximum absolute atomic E-state index is 12.9. The van der Waals surface area contributed by atoms with Crippen molar-refractivity contribution < 1.29 is 24.2 Å². The van der Waals surface area contributed by atoms with Gasteiger partial charge in [0.2, 0.25) is 0 Å². The third-order valence-electron chi connectivity index (χ3n) is 5.38. The van der Waals surface area contributed by atoms with Gasteiger partial charge in [0, 0.05) is 6.42 Å². The van der Waals surface area contributed by atoms with Crippen molar-refractivity contribution in [1.29, 1.82) is 0 Å². The zero-order chi connectivity index (χ0) is 20.9. The number of hydrogen-bond donors (Lipinski definition) is 3. The number of hydrogen-bond acceptors (Lipinski definition) is 7. The lowest BCUT2D eigenvalue weighted by Crippen LogP contribution is -2.76. The van der Waals surface area contributed by atoms with Gasteiger partial charge in [-0.05, 0) is 24.0 Å². The minimum Gasteiger partial charge on any atom is -0.459 e. The third kappa shape index (κ3) is 4.48. The molecule has 0 aliphatic heterocycles. The molecule has 3 rings (SSSR count). The van der Waals surface area contributed by atoms with Gasteiger partial charge in [0.15, 0.2) is 0 Å². The molecule has 2 aromatic carbocycles. The van der Waals surface area contributed by atoms with Gasteiger partial charge in [-0.15, -0.1) is 0 Å². The fourth-order valence-electron chi connectivity index (χ4n) is 3.53. The van der Waals surface area contributed by atoms with Crippen LogP contribution in [-0.2, 0) is 32.3 Å². The molecule has 3 unspecified atom stereocenters. The van der Waals surface area contributed by atoms with Crippen molar-refractivity contribution in [1.82, 2.24) is 0 Å². The van der Waals surface area contributed by atoms with Crippen LogP contribution in [0.25, 0.3) is 0 Å².